The van der Waals surface area contributed by atoms with E-state index in [1.165, 1.54) is 0 Å². The van der Waals surface area contributed by atoms with Crippen molar-refractivity contribution < 1.29 is 14.3 Å². The third kappa shape index (κ3) is 4.75. The highest BCUT2D eigenvalue weighted by molar-refractivity contribution is 5.81. The van der Waals surface area contributed by atoms with Crippen LogP contribution in [0, 0.1) is 13.8 Å². The lowest BCUT2D eigenvalue weighted by atomic mass is 10.1. The van der Waals surface area contributed by atoms with E-state index in [1.807, 2.05) is 57.2 Å². The number of methoxy groups -OCH3 is 1. The molecule has 0 aliphatic rings. The van der Waals surface area contributed by atoms with Crippen LogP contribution in [0.25, 0.3) is 0 Å². The van der Waals surface area contributed by atoms with Crippen LogP contribution in [0.15, 0.2) is 42.5 Å². The number of nitrogens with one attached hydrogen (secondary N) is 1. The topological polar surface area (TPSA) is 47.6 Å². The number of benzene rings is 2. The molecule has 24 heavy (non-hydrogen) atoms. The number of carbonyl (C=O) groups is 1. The average molecular weight is 327 g/mol. The van der Waals surface area contributed by atoms with Crippen LogP contribution in [0.5, 0.6) is 11.5 Å². The van der Waals surface area contributed by atoms with Gasteiger partial charge in [0.2, 0.25) is 0 Å². The summed E-state index contributed by atoms with van der Waals surface area (Å²) in [5, 5.41) is 2.93. The first-order valence-electron chi connectivity index (χ1n) is 8.18. The SMILES string of the molecule is CC[C@@H](Oc1cc(C)cc(C)c1)C(=O)NCc1ccccc1OC. The van der Waals surface area contributed by atoms with Crippen molar-refractivity contribution in [2.75, 3.05) is 7.11 Å². The van der Waals surface area contributed by atoms with Gasteiger partial charge in [-0.15, -0.1) is 0 Å². The summed E-state index contributed by atoms with van der Waals surface area (Å²) in [5.41, 5.74) is 3.18. The molecule has 0 spiro atoms. The zero-order valence-electron chi connectivity index (χ0n) is 14.8. The van der Waals surface area contributed by atoms with Crippen molar-refractivity contribution in [3.05, 3.63) is 59.2 Å². The summed E-state index contributed by atoms with van der Waals surface area (Å²) in [6.45, 7) is 6.39. The third-order valence-electron chi connectivity index (χ3n) is 3.78. The van der Waals surface area contributed by atoms with Gasteiger partial charge in [0.1, 0.15) is 11.5 Å². The number of amides is 1. The number of hydrogen-bond acceptors (Lipinski definition) is 3. The normalized spacial score (nSPS) is 11.7. The van der Waals surface area contributed by atoms with Gasteiger partial charge in [0.15, 0.2) is 6.10 Å². The van der Waals surface area contributed by atoms with Gasteiger partial charge in [-0.3, -0.25) is 4.79 Å². The summed E-state index contributed by atoms with van der Waals surface area (Å²) in [6.07, 6.45) is 0.0889. The average Bonchev–Trinajstić information content (AvgIpc) is 2.57. The Morgan fingerprint density at radius 3 is 2.42 bits per heavy atom. The molecule has 4 nitrogen and oxygen atoms in total. The molecule has 0 aliphatic carbocycles. The lowest BCUT2D eigenvalue weighted by Crippen LogP contribution is -2.37. The van der Waals surface area contributed by atoms with Gasteiger partial charge >= 0.3 is 0 Å². The van der Waals surface area contributed by atoms with Crippen LogP contribution in [-0.2, 0) is 11.3 Å². The van der Waals surface area contributed by atoms with E-state index in [0.717, 1.165) is 28.2 Å². The Hall–Kier alpha value is -2.49. The van der Waals surface area contributed by atoms with E-state index >= 15 is 0 Å². The lowest BCUT2D eigenvalue weighted by Gasteiger charge is -2.18. The van der Waals surface area contributed by atoms with E-state index in [0.29, 0.717) is 13.0 Å². The molecule has 4 heteroatoms. The quantitative estimate of drug-likeness (QED) is 0.842. The fourth-order valence-corrected chi connectivity index (χ4v) is 2.63. The van der Waals surface area contributed by atoms with Gasteiger partial charge in [0, 0.05) is 12.1 Å². The molecule has 1 amide bonds. The van der Waals surface area contributed by atoms with Crippen molar-refractivity contribution in [2.24, 2.45) is 0 Å². The molecule has 1 atom stereocenters. The predicted octanol–water partition coefficient (Wildman–Crippen LogP) is 3.79. The van der Waals surface area contributed by atoms with Crippen LogP contribution >= 0.6 is 0 Å². The minimum absolute atomic E-state index is 0.123. The molecule has 2 rings (SSSR count). The molecule has 0 radical (unpaired) electrons. The third-order valence-corrected chi connectivity index (χ3v) is 3.78. The lowest BCUT2D eigenvalue weighted by molar-refractivity contribution is -0.128. The molecule has 0 heterocycles. The second-order valence-electron chi connectivity index (χ2n) is 5.87. The number of para-hydroxylation sites is 1. The Balaban J connectivity index is 2.01. The second-order valence-corrected chi connectivity index (χ2v) is 5.87. The van der Waals surface area contributed by atoms with Crippen LogP contribution in [-0.4, -0.2) is 19.1 Å². The number of aryl methyl sites for hydroxylation is 2. The number of carbonyl (C=O) groups excluding carboxylic acids is 1. The molecule has 2 aromatic carbocycles. The molecule has 0 unspecified atom stereocenters. The summed E-state index contributed by atoms with van der Waals surface area (Å²) in [5.74, 6) is 1.37. The Kier molecular flexibility index (Phi) is 6.24. The predicted molar refractivity (Wildman–Crippen MR) is 95.5 cm³/mol. The van der Waals surface area contributed by atoms with E-state index < -0.39 is 6.10 Å². The largest absolute Gasteiger partial charge is 0.496 e. The first-order chi connectivity index (χ1) is 11.5. The molecule has 0 saturated carbocycles. The van der Waals surface area contributed by atoms with Crippen LogP contribution in [0.2, 0.25) is 0 Å². The van der Waals surface area contributed by atoms with Crippen LogP contribution in [0.4, 0.5) is 0 Å². The maximum atomic E-state index is 12.4. The maximum absolute atomic E-state index is 12.4. The number of hydrogen-bond donors (Lipinski definition) is 1. The van der Waals surface area contributed by atoms with E-state index in [1.54, 1.807) is 7.11 Å². The molecular weight excluding hydrogens is 302 g/mol. The van der Waals surface area contributed by atoms with Crippen molar-refractivity contribution in [2.45, 2.75) is 39.8 Å². The van der Waals surface area contributed by atoms with Gasteiger partial charge in [0.25, 0.3) is 5.91 Å². The van der Waals surface area contributed by atoms with Gasteiger partial charge in [-0.25, -0.2) is 0 Å². The van der Waals surface area contributed by atoms with Crippen molar-refractivity contribution in [1.29, 1.82) is 0 Å². The first kappa shape index (κ1) is 17.9. The maximum Gasteiger partial charge on any atom is 0.261 e. The summed E-state index contributed by atoms with van der Waals surface area (Å²) in [7, 11) is 1.62. The van der Waals surface area contributed by atoms with Gasteiger partial charge in [0.05, 0.1) is 7.11 Å². The smallest absolute Gasteiger partial charge is 0.261 e. The minimum atomic E-state index is -0.513. The first-order valence-corrected chi connectivity index (χ1v) is 8.18. The molecule has 2 aromatic rings. The number of ether oxygens (including phenoxy) is 2. The van der Waals surface area contributed by atoms with Crippen molar-refractivity contribution in [3.8, 4) is 11.5 Å². The standard InChI is InChI=1S/C20H25NO3/c1-5-18(24-17-11-14(2)10-15(3)12-17)20(22)21-13-16-8-6-7-9-19(16)23-4/h6-12,18H,5,13H2,1-4H3,(H,21,22)/t18-/m1/s1. The highest BCUT2D eigenvalue weighted by atomic mass is 16.5. The Labute approximate surface area is 143 Å². The van der Waals surface area contributed by atoms with Crippen molar-refractivity contribution in [3.63, 3.8) is 0 Å². The van der Waals surface area contributed by atoms with Gasteiger partial charge in [-0.1, -0.05) is 31.2 Å². The zero-order valence-corrected chi connectivity index (χ0v) is 14.8. The fourth-order valence-electron chi connectivity index (χ4n) is 2.63. The molecule has 0 aliphatic heterocycles. The van der Waals surface area contributed by atoms with Crippen molar-refractivity contribution >= 4 is 5.91 Å². The van der Waals surface area contributed by atoms with Gasteiger partial charge in [-0.05, 0) is 49.6 Å². The summed E-state index contributed by atoms with van der Waals surface area (Å²) in [4.78, 5) is 12.4. The van der Waals surface area contributed by atoms with E-state index in [2.05, 4.69) is 11.4 Å². The Bertz CT molecular complexity index is 677. The van der Waals surface area contributed by atoms with E-state index in [4.69, 9.17) is 9.47 Å². The van der Waals surface area contributed by atoms with Crippen molar-refractivity contribution in [1.82, 2.24) is 5.32 Å². The molecule has 1 N–H and O–H groups in total. The summed E-state index contributed by atoms with van der Waals surface area (Å²) in [6, 6.07) is 13.6. The minimum Gasteiger partial charge on any atom is -0.496 e. The highest BCUT2D eigenvalue weighted by Gasteiger charge is 2.18. The monoisotopic (exact) mass is 327 g/mol. The number of rotatable bonds is 7. The van der Waals surface area contributed by atoms with Crippen LogP contribution in [0.3, 0.4) is 0 Å². The van der Waals surface area contributed by atoms with Gasteiger partial charge < -0.3 is 14.8 Å². The van der Waals surface area contributed by atoms with Gasteiger partial charge in [-0.2, -0.15) is 0 Å². The molecule has 0 saturated heterocycles. The Morgan fingerprint density at radius 2 is 1.79 bits per heavy atom. The van der Waals surface area contributed by atoms with Crippen LogP contribution < -0.4 is 14.8 Å². The molecule has 0 aromatic heterocycles. The summed E-state index contributed by atoms with van der Waals surface area (Å²) < 4.78 is 11.2. The van der Waals surface area contributed by atoms with Crippen LogP contribution in [0.1, 0.15) is 30.0 Å². The molecular formula is C20H25NO3. The zero-order chi connectivity index (χ0) is 17.5. The molecule has 0 bridgehead atoms. The van der Waals surface area contributed by atoms with E-state index in [-0.39, 0.29) is 5.91 Å². The highest BCUT2D eigenvalue weighted by Crippen LogP contribution is 2.19. The second kappa shape index (κ2) is 8.39. The van der Waals surface area contributed by atoms with E-state index in [9.17, 15) is 4.79 Å². The molecule has 128 valence electrons. The Morgan fingerprint density at radius 1 is 1.12 bits per heavy atom. The fraction of sp³-hybridized carbons (Fsp3) is 0.350. The summed E-state index contributed by atoms with van der Waals surface area (Å²) >= 11 is 0. The molecule has 0 fully saturated rings.